The van der Waals surface area contributed by atoms with Crippen LogP contribution in [-0.4, -0.2) is 25.7 Å². The molecule has 0 radical (unpaired) electrons. The quantitative estimate of drug-likeness (QED) is 0.599. The Balaban J connectivity index is 1.71. The zero-order chi connectivity index (χ0) is 19.4. The second kappa shape index (κ2) is 7.72. The maximum atomic E-state index is 11.8. The van der Waals surface area contributed by atoms with E-state index in [1.807, 2.05) is 24.3 Å². The van der Waals surface area contributed by atoms with Crippen LogP contribution in [0.25, 0.3) is 0 Å². The molecule has 0 bridgehead atoms. The first-order valence-corrected chi connectivity index (χ1v) is 8.60. The Morgan fingerprint density at radius 1 is 1.22 bits per heavy atom. The van der Waals surface area contributed by atoms with Crippen LogP contribution in [0.1, 0.15) is 31.9 Å². The number of rotatable bonds is 5. The Kier molecular flexibility index (Phi) is 5.38. The van der Waals surface area contributed by atoms with Crippen molar-refractivity contribution in [1.82, 2.24) is 0 Å². The van der Waals surface area contributed by atoms with Gasteiger partial charge in [-0.25, -0.2) is 4.79 Å². The molecule has 0 spiro atoms. The fraction of sp³-hybridized carbons (Fsp3) is 0.300. The van der Waals surface area contributed by atoms with Crippen LogP contribution in [0.4, 0.5) is 0 Å². The van der Waals surface area contributed by atoms with Gasteiger partial charge in [-0.1, -0.05) is 6.07 Å². The highest BCUT2D eigenvalue weighted by Crippen LogP contribution is 2.29. The van der Waals surface area contributed by atoms with E-state index in [1.54, 1.807) is 39.0 Å². The molecule has 0 saturated carbocycles. The minimum Gasteiger partial charge on any atom is -0.480 e. The number of carbonyl (C=O) groups excluding carboxylic acids is 1. The number of ether oxygens (including phenoxy) is 3. The smallest absolute Gasteiger partial charge is 0.344 e. The summed E-state index contributed by atoms with van der Waals surface area (Å²) in [6.45, 7) is 5.63. The van der Waals surface area contributed by atoms with Gasteiger partial charge in [0.25, 0.3) is 0 Å². The van der Waals surface area contributed by atoms with Gasteiger partial charge in [-0.2, -0.15) is 5.26 Å². The maximum Gasteiger partial charge on any atom is 0.344 e. The Bertz CT molecular complexity index is 898. The third kappa shape index (κ3) is 5.02. The van der Waals surface area contributed by atoms with Crippen molar-refractivity contribution in [3.8, 4) is 23.3 Å². The minimum atomic E-state index is -0.596. The monoisotopic (exact) mass is 365 g/mol. The van der Waals surface area contributed by atoms with E-state index in [-0.39, 0.29) is 12.4 Å². The van der Waals surface area contributed by atoms with Crippen molar-refractivity contribution in [3.05, 3.63) is 47.5 Å². The average molecular weight is 365 g/mol. The van der Waals surface area contributed by atoms with Gasteiger partial charge in [-0.3, -0.25) is 0 Å². The topological polar surface area (TPSA) is 77.8 Å². The van der Waals surface area contributed by atoms with Gasteiger partial charge in [-0.05, 0) is 56.1 Å². The fourth-order valence-electron chi connectivity index (χ4n) is 2.63. The molecule has 1 heterocycles. The van der Waals surface area contributed by atoms with E-state index < -0.39 is 11.6 Å². The van der Waals surface area contributed by atoms with Crippen molar-refractivity contribution >= 4 is 18.9 Å². The van der Waals surface area contributed by atoms with Crippen molar-refractivity contribution in [3.63, 3.8) is 0 Å². The lowest BCUT2D eigenvalue weighted by atomic mass is 9.87. The molecular weight excluding hydrogens is 345 g/mol. The van der Waals surface area contributed by atoms with Crippen LogP contribution in [0, 0.1) is 11.3 Å². The van der Waals surface area contributed by atoms with Gasteiger partial charge in [0.05, 0.1) is 12.2 Å². The molecule has 0 aliphatic carbocycles. The molecule has 0 unspecified atom stereocenters. The Morgan fingerprint density at radius 2 is 1.96 bits per heavy atom. The normalized spacial score (nSPS) is 12.5. The van der Waals surface area contributed by atoms with Gasteiger partial charge in [-0.15, -0.1) is 0 Å². The summed E-state index contributed by atoms with van der Waals surface area (Å²) in [7, 11) is 0.620. The van der Waals surface area contributed by atoms with Crippen LogP contribution in [-0.2, 0) is 20.8 Å². The summed E-state index contributed by atoms with van der Waals surface area (Å²) >= 11 is 0. The molecule has 2 aromatic carbocycles. The van der Waals surface area contributed by atoms with Crippen LogP contribution in [0.5, 0.6) is 17.2 Å². The summed E-state index contributed by atoms with van der Waals surface area (Å²) in [4.78, 5) is 11.8. The third-order valence-corrected chi connectivity index (χ3v) is 3.77. The summed E-state index contributed by atoms with van der Waals surface area (Å²) in [6, 6.07) is 12.7. The first kappa shape index (κ1) is 18.8. The van der Waals surface area contributed by atoms with Gasteiger partial charge in [0.15, 0.2) is 6.61 Å². The van der Waals surface area contributed by atoms with Crippen LogP contribution < -0.4 is 14.9 Å². The standard InChI is InChI=1S/C20H20BNO5/c1-20(2,3)27-19(23)12-24-18-9-16(5-4-13(18)10-22)26-15-6-7-17-14(8-15)11-25-21-17/h4-9,21H,11-12H2,1-3H3. The highest BCUT2D eigenvalue weighted by atomic mass is 16.6. The molecule has 1 aliphatic rings. The van der Waals surface area contributed by atoms with Gasteiger partial charge in [0, 0.05) is 6.07 Å². The van der Waals surface area contributed by atoms with Crippen molar-refractivity contribution in [1.29, 1.82) is 5.26 Å². The number of benzene rings is 2. The predicted octanol–water partition coefficient (Wildman–Crippen LogP) is 2.58. The molecule has 3 rings (SSSR count). The lowest BCUT2D eigenvalue weighted by molar-refractivity contribution is -0.157. The number of carbonyl (C=O) groups is 1. The molecule has 27 heavy (non-hydrogen) atoms. The second-order valence-electron chi connectivity index (χ2n) is 7.17. The number of hydrogen-bond acceptors (Lipinski definition) is 6. The fourth-order valence-corrected chi connectivity index (χ4v) is 2.63. The van der Waals surface area contributed by atoms with E-state index in [1.165, 1.54) is 0 Å². The molecule has 0 aromatic heterocycles. The van der Waals surface area contributed by atoms with Crippen LogP contribution in [0.15, 0.2) is 36.4 Å². The molecule has 0 amide bonds. The van der Waals surface area contributed by atoms with Crippen LogP contribution in [0.3, 0.4) is 0 Å². The van der Waals surface area contributed by atoms with Gasteiger partial charge in [0.2, 0.25) is 0 Å². The van der Waals surface area contributed by atoms with E-state index in [9.17, 15) is 10.1 Å². The molecule has 1 aliphatic heterocycles. The Morgan fingerprint density at radius 3 is 2.70 bits per heavy atom. The number of nitriles is 1. The van der Waals surface area contributed by atoms with E-state index >= 15 is 0 Å². The third-order valence-electron chi connectivity index (χ3n) is 3.77. The SMILES string of the molecule is CC(C)(C)OC(=O)COc1cc(Oc2ccc3c(c2)COB3)ccc1C#N. The van der Waals surface area contributed by atoms with E-state index in [4.69, 9.17) is 18.9 Å². The summed E-state index contributed by atoms with van der Waals surface area (Å²) in [5.41, 5.74) is 1.97. The van der Waals surface area contributed by atoms with Crippen molar-refractivity contribution in [2.75, 3.05) is 6.61 Å². The summed E-state index contributed by atoms with van der Waals surface area (Å²) in [5, 5.41) is 9.26. The number of hydrogen-bond donors (Lipinski definition) is 0. The lowest BCUT2D eigenvalue weighted by Gasteiger charge is -2.19. The molecule has 0 atom stereocenters. The van der Waals surface area contributed by atoms with E-state index in [2.05, 4.69) is 0 Å². The van der Waals surface area contributed by atoms with Crippen molar-refractivity contribution in [2.45, 2.75) is 33.0 Å². The highest BCUT2D eigenvalue weighted by Gasteiger charge is 2.18. The molecule has 2 aromatic rings. The maximum absolute atomic E-state index is 11.8. The summed E-state index contributed by atoms with van der Waals surface area (Å²) in [6.07, 6.45) is 0. The molecule has 0 N–H and O–H groups in total. The first-order valence-electron chi connectivity index (χ1n) is 8.60. The second-order valence-corrected chi connectivity index (χ2v) is 7.17. The van der Waals surface area contributed by atoms with Crippen LogP contribution >= 0.6 is 0 Å². The van der Waals surface area contributed by atoms with Crippen molar-refractivity contribution in [2.24, 2.45) is 0 Å². The highest BCUT2D eigenvalue weighted by molar-refractivity contribution is 6.48. The predicted molar refractivity (Wildman–Crippen MR) is 101 cm³/mol. The van der Waals surface area contributed by atoms with Gasteiger partial charge >= 0.3 is 13.5 Å². The van der Waals surface area contributed by atoms with E-state index in [0.717, 1.165) is 11.0 Å². The van der Waals surface area contributed by atoms with E-state index in [0.29, 0.717) is 31.2 Å². The van der Waals surface area contributed by atoms with Crippen molar-refractivity contribution < 1.29 is 23.7 Å². The molecular formula is C20H20BNO5. The summed E-state index contributed by atoms with van der Waals surface area (Å²) in [5.74, 6) is 0.941. The van der Waals surface area contributed by atoms with Gasteiger partial charge < -0.3 is 18.9 Å². The zero-order valence-corrected chi connectivity index (χ0v) is 15.6. The zero-order valence-electron chi connectivity index (χ0n) is 15.6. The molecule has 7 heteroatoms. The molecule has 138 valence electrons. The Hall–Kier alpha value is -2.98. The Labute approximate surface area is 158 Å². The first-order chi connectivity index (χ1) is 12.8. The summed E-state index contributed by atoms with van der Waals surface area (Å²) < 4.78 is 22.0. The molecule has 0 saturated heterocycles. The average Bonchev–Trinajstić information content (AvgIpc) is 3.06. The van der Waals surface area contributed by atoms with Crippen LogP contribution in [0.2, 0.25) is 0 Å². The largest absolute Gasteiger partial charge is 0.480 e. The lowest BCUT2D eigenvalue weighted by Crippen LogP contribution is -2.27. The number of fused-ring (bicyclic) bond motifs is 1. The number of esters is 1. The molecule has 6 nitrogen and oxygen atoms in total. The minimum absolute atomic E-state index is 0.269. The van der Waals surface area contributed by atoms with Gasteiger partial charge in [0.1, 0.15) is 28.9 Å². The number of nitrogens with zero attached hydrogens (tertiary/aromatic N) is 1. The molecule has 0 fully saturated rings.